The predicted octanol–water partition coefficient (Wildman–Crippen LogP) is -5.63. The summed E-state index contributed by atoms with van der Waals surface area (Å²) in [6.07, 6.45) is -15.0. The molecule has 226 valence electrons. The molecule has 39 heavy (non-hydrogen) atoms. The highest BCUT2D eigenvalue weighted by Crippen LogP contribution is 2.49. The summed E-state index contributed by atoms with van der Waals surface area (Å²) in [6, 6.07) is -1.59. The molecule has 0 saturated carbocycles. The largest absolute Gasteiger partial charge is 0.479 e. The van der Waals surface area contributed by atoms with Gasteiger partial charge in [0, 0.05) is 7.11 Å². The molecule has 2 heterocycles. The van der Waals surface area contributed by atoms with Crippen molar-refractivity contribution in [3.63, 3.8) is 0 Å². The Balaban J connectivity index is 2.49. The second-order valence-electron chi connectivity index (χ2n) is 8.74. The van der Waals surface area contributed by atoms with Gasteiger partial charge < -0.3 is 65.7 Å². The summed E-state index contributed by atoms with van der Waals surface area (Å²) in [5.41, 5.74) is 8.51. The number of nitrogens with two attached hydrogens (primary N) is 3. The van der Waals surface area contributed by atoms with Gasteiger partial charge in [0.1, 0.15) is 35.9 Å². The lowest BCUT2D eigenvalue weighted by Gasteiger charge is -2.49. The van der Waals surface area contributed by atoms with Crippen molar-refractivity contribution < 1.29 is 82.2 Å². The fraction of sp³-hybridized carbons (Fsp3) is 0.833. The summed E-state index contributed by atoms with van der Waals surface area (Å²) < 4.78 is 42.9. The first-order valence-electron chi connectivity index (χ1n) is 11.0. The molecule has 2 saturated heterocycles. The maximum Gasteiger partial charge on any atom is 0.474 e. The molecule has 1 amide bonds. The molecule has 12 N–H and O–H groups in total. The monoisotopic (exact) mass is 593 g/mol. The predicted molar refractivity (Wildman–Crippen MR) is 118 cm³/mol. The first kappa shape index (κ1) is 33.3. The number of carboxylic acid groups (broad SMARTS) is 1. The second kappa shape index (κ2) is 13.2. The molecule has 0 radical (unpaired) electrons. The van der Waals surface area contributed by atoms with Gasteiger partial charge in [-0.2, -0.15) is 5.90 Å². The van der Waals surface area contributed by atoms with Crippen LogP contribution in [0.15, 0.2) is 0 Å². The Bertz CT molecular complexity index is 937. The maximum absolute atomic E-state index is 12.7. The molecule has 0 aliphatic carbocycles. The van der Waals surface area contributed by atoms with Crippen LogP contribution in [-0.4, -0.2) is 129 Å². The van der Waals surface area contributed by atoms with E-state index < -0.39 is 106 Å². The average Bonchev–Trinajstić information content (AvgIpc) is 2.84. The number of phosphoric acid groups is 1. The molecule has 2 fully saturated rings. The minimum absolute atomic E-state index is 0.842. The minimum Gasteiger partial charge on any atom is -0.479 e. The fourth-order valence-corrected chi connectivity index (χ4v) is 4.79. The Labute approximate surface area is 219 Å². The normalized spacial score (nSPS) is 39.4. The van der Waals surface area contributed by atoms with Crippen molar-refractivity contribution in [1.29, 1.82) is 0 Å². The quantitative estimate of drug-likeness (QED) is 0.0751. The highest BCUT2D eigenvalue weighted by molar-refractivity contribution is 7.47. The van der Waals surface area contributed by atoms with Crippen molar-refractivity contribution in [2.75, 3.05) is 20.3 Å². The SMILES string of the molecule is COC(COP(=O)(O)OC1OC(C(N)=O)C(C)(O)C(C(=O)ON)C1OC1OC(CO)C(O)C(O)C1N)C(=O)O. The van der Waals surface area contributed by atoms with E-state index >= 15 is 0 Å². The van der Waals surface area contributed by atoms with Gasteiger partial charge in [0.25, 0.3) is 0 Å². The van der Waals surface area contributed by atoms with Gasteiger partial charge in [0.15, 0.2) is 24.8 Å². The van der Waals surface area contributed by atoms with Crippen LogP contribution in [-0.2, 0) is 51.8 Å². The number of primary amides is 1. The second-order valence-corrected chi connectivity index (χ2v) is 10.2. The van der Waals surface area contributed by atoms with E-state index in [0.29, 0.717) is 0 Å². The number of carboxylic acids is 1. The number of aliphatic hydroxyl groups is 4. The van der Waals surface area contributed by atoms with E-state index in [2.05, 4.69) is 14.1 Å². The number of aliphatic hydroxyl groups excluding tert-OH is 3. The van der Waals surface area contributed by atoms with Crippen LogP contribution < -0.4 is 17.4 Å². The highest BCUT2D eigenvalue weighted by atomic mass is 31.2. The van der Waals surface area contributed by atoms with E-state index in [1.54, 1.807) is 0 Å². The molecular formula is C18H32N3O17P. The summed E-state index contributed by atoms with van der Waals surface area (Å²) in [6.45, 7) is -0.980. The maximum atomic E-state index is 12.7. The molecule has 12 atom stereocenters. The van der Waals surface area contributed by atoms with E-state index in [-0.39, 0.29) is 0 Å². The Morgan fingerprint density at radius 3 is 2.26 bits per heavy atom. The lowest BCUT2D eigenvalue weighted by molar-refractivity contribution is -0.341. The number of methoxy groups -OCH3 is 1. The van der Waals surface area contributed by atoms with E-state index in [1.807, 2.05) is 0 Å². The fourth-order valence-electron chi connectivity index (χ4n) is 3.98. The van der Waals surface area contributed by atoms with E-state index in [9.17, 15) is 44.3 Å². The summed E-state index contributed by atoms with van der Waals surface area (Å²) in [5.74, 6) is -1.55. The van der Waals surface area contributed by atoms with Crippen LogP contribution in [0.5, 0.6) is 0 Å². The Morgan fingerprint density at radius 2 is 1.77 bits per heavy atom. The van der Waals surface area contributed by atoms with Gasteiger partial charge in [-0.05, 0) is 6.92 Å². The zero-order valence-corrected chi connectivity index (χ0v) is 21.4. The van der Waals surface area contributed by atoms with Crippen molar-refractivity contribution in [3.8, 4) is 0 Å². The zero-order chi connectivity index (χ0) is 29.9. The van der Waals surface area contributed by atoms with Crippen LogP contribution in [0.25, 0.3) is 0 Å². The number of amides is 1. The third-order valence-electron chi connectivity index (χ3n) is 6.06. The molecule has 0 aromatic heterocycles. The first-order chi connectivity index (χ1) is 18.0. The number of carbonyl (C=O) groups is 3. The number of hydrogen-bond acceptors (Lipinski definition) is 17. The topological polar surface area (TPSA) is 332 Å². The summed E-state index contributed by atoms with van der Waals surface area (Å²) >= 11 is 0. The molecule has 2 aliphatic heterocycles. The molecule has 21 heteroatoms. The number of ether oxygens (including phenoxy) is 4. The average molecular weight is 593 g/mol. The third-order valence-corrected chi connectivity index (χ3v) is 7.01. The van der Waals surface area contributed by atoms with E-state index in [1.165, 1.54) is 0 Å². The van der Waals surface area contributed by atoms with Crippen LogP contribution in [0.2, 0.25) is 0 Å². The van der Waals surface area contributed by atoms with Gasteiger partial charge in [-0.1, -0.05) is 0 Å². The minimum atomic E-state index is -5.34. The lowest BCUT2D eigenvalue weighted by Crippen LogP contribution is -2.70. The molecule has 0 aromatic rings. The van der Waals surface area contributed by atoms with Gasteiger partial charge in [0.05, 0.1) is 19.3 Å². The Hall–Kier alpha value is -1.88. The molecular weight excluding hydrogens is 561 g/mol. The van der Waals surface area contributed by atoms with Crippen LogP contribution in [0, 0.1) is 5.92 Å². The summed E-state index contributed by atoms with van der Waals surface area (Å²) in [5, 5.41) is 49.8. The summed E-state index contributed by atoms with van der Waals surface area (Å²) in [7, 11) is -4.37. The van der Waals surface area contributed by atoms with Crippen molar-refractivity contribution in [3.05, 3.63) is 0 Å². The van der Waals surface area contributed by atoms with Crippen molar-refractivity contribution in [2.45, 2.75) is 67.8 Å². The zero-order valence-electron chi connectivity index (χ0n) is 20.5. The molecule has 20 nitrogen and oxygen atoms in total. The Morgan fingerprint density at radius 1 is 1.15 bits per heavy atom. The molecule has 12 unspecified atom stereocenters. The number of carbonyl (C=O) groups excluding carboxylic acids is 2. The number of aliphatic carboxylic acids is 1. The number of phosphoric ester groups is 1. The summed E-state index contributed by atoms with van der Waals surface area (Å²) in [4.78, 5) is 50.2. The lowest BCUT2D eigenvalue weighted by atomic mass is 9.77. The van der Waals surface area contributed by atoms with Gasteiger partial charge in [0.2, 0.25) is 5.91 Å². The van der Waals surface area contributed by atoms with Gasteiger partial charge in [-0.3, -0.25) is 13.8 Å². The third kappa shape index (κ3) is 7.45. The standard InChI is InChI=1S/C18H32N3O17P/c1-18(29)7(15(28)37-21)11(35-16-8(19)10(24)9(23)5(3-22)34-16)17(36-12(18)13(20)25)38-39(30,31)33-4-6(32-2)14(26)27/h5-12,16-17,22-24,29H,3-4,19,21H2,1-2H3,(H2,20,25)(H,26,27)(H,30,31). The molecule has 2 rings (SSSR count). The molecule has 0 bridgehead atoms. The van der Waals surface area contributed by atoms with E-state index in [4.69, 9.17) is 41.2 Å². The molecule has 0 spiro atoms. The van der Waals surface area contributed by atoms with Crippen LogP contribution in [0.3, 0.4) is 0 Å². The molecule has 2 aliphatic rings. The van der Waals surface area contributed by atoms with Crippen LogP contribution in [0.4, 0.5) is 0 Å². The van der Waals surface area contributed by atoms with Crippen molar-refractivity contribution in [1.82, 2.24) is 0 Å². The molecule has 0 aromatic carbocycles. The van der Waals surface area contributed by atoms with Crippen molar-refractivity contribution in [2.24, 2.45) is 23.3 Å². The van der Waals surface area contributed by atoms with Gasteiger partial charge in [-0.15, -0.1) is 0 Å². The van der Waals surface area contributed by atoms with Crippen molar-refractivity contribution >= 4 is 25.7 Å². The number of hydrogen-bond donors (Lipinski definition) is 9. The van der Waals surface area contributed by atoms with Gasteiger partial charge >= 0.3 is 19.8 Å². The number of rotatable bonds is 12. The van der Waals surface area contributed by atoms with Crippen LogP contribution in [0.1, 0.15) is 6.92 Å². The smallest absolute Gasteiger partial charge is 0.474 e. The highest BCUT2D eigenvalue weighted by Gasteiger charge is 2.62. The van der Waals surface area contributed by atoms with E-state index in [0.717, 1.165) is 14.0 Å². The Kier molecular flexibility index (Phi) is 11.3. The first-order valence-corrected chi connectivity index (χ1v) is 12.5. The van der Waals surface area contributed by atoms with Crippen LogP contribution >= 0.6 is 7.82 Å². The van der Waals surface area contributed by atoms with Gasteiger partial charge in [-0.25, -0.2) is 14.2 Å².